The number of hydrogen-bond donors (Lipinski definition) is 2. The largest absolute Gasteiger partial charge is 0.354 e. The molecule has 1 amide bonds. The van der Waals surface area contributed by atoms with Crippen LogP contribution in [-0.2, 0) is 14.6 Å². The van der Waals surface area contributed by atoms with Crippen LogP contribution in [0.5, 0.6) is 0 Å². The number of hydrogen-bond acceptors (Lipinski definition) is 5. The van der Waals surface area contributed by atoms with Crippen molar-refractivity contribution in [2.75, 3.05) is 37.7 Å². The number of rotatable bonds is 6. The van der Waals surface area contributed by atoms with Crippen molar-refractivity contribution in [3.05, 3.63) is 0 Å². The van der Waals surface area contributed by atoms with Gasteiger partial charge < -0.3 is 11.1 Å². The number of piperidine rings is 1. The fourth-order valence-corrected chi connectivity index (χ4v) is 2.56. The highest BCUT2D eigenvalue weighted by molar-refractivity contribution is 7.91. The maximum Gasteiger partial charge on any atom is 0.234 e. The molecule has 0 radical (unpaired) electrons. The number of sulfone groups is 1. The van der Waals surface area contributed by atoms with E-state index in [1.165, 1.54) is 0 Å². The van der Waals surface area contributed by atoms with E-state index in [0.717, 1.165) is 25.9 Å². The van der Waals surface area contributed by atoms with Crippen molar-refractivity contribution < 1.29 is 13.2 Å². The summed E-state index contributed by atoms with van der Waals surface area (Å²) in [7, 11) is -3.00. The molecule has 18 heavy (non-hydrogen) atoms. The lowest BCUT2D eigenvalue weighted by Gasteiger charge is -2.29. The van der Waals surface area contributed by atoms with Crippen LogP contribution in [0, 0.1) is 0 Å². The minimum atomic E-state index is -3.00. The number of nitrogens with two attached hydrogens (primary N) is 1. The number of carbonyl (C=O) groups excluding carboxylic acids is 1. The van der Waals surface area contributed by atoms with Gasteiger partial charge in [0, 0.05) is 31.4 Å². The van der Waals surface area contributed by atoms with Crippen LogP contribution < -0.4 is 11.1 Å². The molecule has 1 heterocycles. The van der Waals surface area contributed by atoms with Crippen molar-refractivity contribution in [3.63, 3.8) is 0 Å². The van der Waals surface area contributed by atoms with Crippen LogP contribution in [0.4, 0.5) is 0 Å². The van der Waals surface area contributed by atoms with E-state index in [9.17, 15) is 13.2 Å². The molecular weight excluding hydrogens is 254 g/mol. The van der Waals surface area contributed by atoms with Gasteiger partial charge in [-0.2, -0.15) is 0 Å². The van der Waals surface area contributed by atoms with Crippen molar-refractivity contribution in [1.82, 2.24) is 10.2 Å². The topological polar surface area (TPSA) is 92.5 Å². The van der Waals surface area contributed by atoms with Crippen LogP contribution >= 0.6 is 0 Å². The number of carbonyl (C=O) groups is 1. The lowest BCUT2D eigenvalue weighted by Crippen LogP contribution is -2.45. The maximum atomic E-state index is 11.6. The van der Waals surface area contributed by atoms with E-state index in [4.69, 9.17) is 5.73 Å². The Morgan fingerprint density at radius 3 is 2.56 bits per heavy atom. The van der Waals surface area contributed by atoms with Gasteiger partial charge >= 0.3 is 0 Å². The smallest absolute Gasteiger partial charge is 0.234 e. The molecule has 0 spiro atoms. The molecule has 1 rings (SSSR count). The van der Waals surface area contributed by atoms with E-state index < -0.39 is 9.84 Å². The number of amides is 1. The number of likely N-dealkylation sites (tertiary alicyclic amines) is 1. The standard InChI is InChI=1S/C11H23N3O3S/c1-2-18(16,17)8-5-13-11(15)9-14-6-3-10(12)4-7-14/h10H,2-9,12H2,1H3,(H,13,15). The normalized spacial score (nSPS) is 18.8. The quantitative estimate of drug-likeness (QED) is 0.647. The van der Waals surface area contributed by atoms with Gasteiger partial charge in [0.1, 0.15) is 0 Å². The Labute approximate surface area is 109 Å². The predicted octanol–water partition coefficient (Wildman–Crippen LogP) is -1.04. The first-order chi connectivity index (χ1) is 8.43. The fourth-order valence-electron chi connectivity index (χ4n) is 1.86. The van der Waals surface area contributed by atoms with Gasteiger partial charge in [0.25, 0.3) is 0 Å². The zero-order valence-electron chi connectivity index (χ0n) is 10.9. The van der Waals surface area contributed by atoms with Gasteiger partial charge in [-0.3, -0.25) is 9.69 Å². The van der Waals surface area contributed by atoms with Crippen LogP contribution in [-0.4, -0.2) is 63.0 Å². The highest BCUT2D eigenvalue weighted by Crippen LogP contribution is 2.07. The first kappa shape index (κ1) is 15.4. The van der Waals surface area contributed by atoms with Gasteiger partial charge in [-0.1, -0.05) is 6.92 Å². The Kier molecular flexibility index (Phi) is 6.04. The first-order valence-electron chi connectivity index (χ1n) is 6.38. The second-order valence-electron chi connectivity index (χ2n) is 4.70. The van der Waals surface area contributed by atoms with Gasteiger partial charge in [-0.05, 0) is 12.8 Å². The predicted molar refractivity (Wildman–Crippen MR) is 71.0 cm³/mol. The minimum absolute atomic E-state index is 0.0140. The monoisotopic (exact) mass is 277 g/mol. The van der Waals surface area contributed by atoms with Gasteiger partial charge in [-0.15, -0.1) is 0 Å². The molecule has 1 aliphatic heterocycles. The minimum Gasteiger partial charge on any atom is -0.354 e. The highest BCUT2D eigenvalue weighted by atomic mass is 32.2. The van der Waals surface area contributed by atoms with Crippen LogP contribution in [0.25, 0.3) is 0 Å². The molecule has 106 valence electrons. The van der Waals surface area contributed by atoms with Crippen LogP contribution in [0.2, 0.25) is 0 Å². The molecule has 0 saturated carbocycles. The van der Waals surface area contributed by atoms with E-state index in [1.54, 1.807) is 6.92 Å². The van der Waals surface area contributed by atoms with Crippen LogP contribution in [0.1, 0.15) is 19.8 Å². The van der Waals surface area contributed by atoms with E-state index in [-0.39, 0.29) is 30.0 Å². The molecule has 1 saturated heterocycles. The molecule has 0 unspecified atom stereocenters. The number of nitrogens with one attached hydrogen (secondary N) is 1. The molecule has 1 aliphatic rings. The van der Waals surface area contributed by atoms with E-state index in [1.807, 2.05) is 4.90 Å². The third-order valence-corrected chi connectivity index (χ3v) is 4.88. The summed E-state index contributed by atoms with van der Waals surface area (Å²) in [5, 5.41) is 2.64. The highest BCUT2D eigenvalue weighted by Gasteiger charge is 2.18. The average molecular weight is 277 g/mol. The van der Waals surface area contributed by atoms with Crippen molar-refractivity contribution in [3.8, 4) is 0 Å². The Morgan fingerprint density at radius 2 is 2.00 bits per heavy atom. The second-order valence-corrected chi connectivity index (χ2v) is 7.17. The molecule has 7 heteroatoms. The molecule has 1 fully saturated rings. The van der Waals surface area contributed by atoms with Crippen molar-refractivity contribution in [1.29, 1.82) is 0 Å². The van der Waals surface area contributed by atoms with Gasteiger partial charge in [-0.25, -0.2) is 8.42 Å². The fraction of sp³-hybridized carbons (Fsp3) is 0.909. The van der Waals surface area contributed by atoms with Crippen molar-refractivity contribution >= 4 is 15.7 Å². The van der Waals surface area contributed by atoms with Gasteiger partial charge in [0.15, 0.2) is 9.84 Å². The molecule has 0 aromatic rings. The summed E-state index contributed by atoms with van der Waals surface area (Å²) in [4.78, 5) is 13.6. The Bertz CT molecular complexity index is 362. The molecule has 0 atom stereocenters. The average Bonchev–Trinajstić information content (AvgIpc) is 2.32. The van der Waals surface area contributed by atoms with Crippen LogP contribution in [0.3, 0.4) is 0 Å². The third-order valence-electron chi connectivity index (χ3n) is 3.17. The van der Waals surface area contributed by atoms with Crippen molar-refractivity contribution in [2.24, 2.45) is 5.73 Å². The summed E-state index contributed by atoms with van der Waals surface area (Å²) in [5.74, 6) is 0.0178. The lowest BCUT2D eigenvalue weighted by atomic mass is 10.1. The Morgan fingerprint density at radius 1 is 1.39 bits per heavy atom. The lowest BCUT2D eigenvalue weighted by molar-refractivity contribution is -0.122. The van der Waals surface area contributed by atoms with E-state index in [0.29, 0.717) is 6.54 Å². The molecule has 3 N–H and O–H groups in total. The van der Waals surface area contributed by atoms with E-state index in [2.05, 4.69) is 5.32 Å². The Balaban J connectivity index is 2.18. The van der Waals surface area contributed by atoms with E-state index >= 15 is 0 Å². The number of nitrogens with zero attached hydrogens (tertiary/aromatic N) is 1. The zero-order valence-corrected chi connectivity index (χ0v) is 11.7. The summed E-state index contributed by atoms with van der Waals surface area (Å²) in [6.45, 7) is 3.80. The molecular formula is C11H23N3O3S. The molecule has 0 aliphatic carbocycles. The third kappa shape index (κ3) is 5.79. The molecule has 0 aromatic carbocycles. The summed E-state index contributed by atoms with van der Waals surface area (Å²) >= 11 is 0. The summed E-state index contributed by atoms with van der Waals surface area (Å²) in [6.07, 6.45) is 1.83. The molecule has 0 aromatic heterocycles. The second kappa shape index (κ2) is 7.06. The Hall–Kier alpha value is -0.660. The maximum absolute atomic E-state index is 11.6. The SMILES string of the molecule is CCS(=O)(=O)CCNC(=O)CN1CCC(N)CC1. The first-order valence-corrected chi connectivity index (χ1v) is 8.20. The zero-order chi connectivity index (χ0) is 13.6. The summed E-state index contributed by atoms with van der Waals surface area (Å²) in [5.41, 5.74) is 5.78. The van der Waals surface area contributed by atoms with Crippen molar-refractivity contribution in [2.45, 2.75) is 25.8 Å². The summed E-state index contributed by atoms with van der Waals surface area (Å²) in [6, 6.07) is 0.249. The van der Waals surface area contributed by atoms with Gasteiger partial charge in [0.2, 0.25) is 5.91 Å². The molecule has 6 nitrogen and oxygen atoms in total. The molecule has 0 bridgehead atoms. The van der Waals surface area contributed by atoms with Gasteiger partial charge in [0.05, 0.1) is 12.3 Å². The summed E-state index contributed by atoms with van der Waals surface area (Å²) < 4.78 is 22.5. The van der Waals surface area contributed by atoms with Crippen LogP contribution in [0.15, 0.2) is 0 Å².